The molecule has 0 fully saturated rings. The minimum absolute atomic E-state index is 0.0360. The number of hydrogen-bond acceptors (Lipinski definition) is 1. The summed E-state index contributed by atoms with van der Waals surface area (Å²) in [6.45, 7) is 2.65. The molecule has 2 nitrogen and oxygen atoms in total. The van der Waals surface area contributed by atoms with Crippen LogP contribution < -0.4 is 5.32 Å². The van der Waals surface area contributed by atoms with Gasteiger partial charge >= 0.3 is 0 Å². The van der Waals surface area contributed by atoms with Gasteiger partial charge in [0, 0.05) is 17.4 Å². The van der Waals surface area contributed by atoms with Gasteiger partial charge in [0.25, 0.3) is 5.91 Å². The second-order valence-electron chi connectivity index (χ2n) is 3.92. The van der Waals surface area contributed by atoms with E-state index >= 15 is 0 Å². The Morgan fingerprint density at radius 2 is 2.29 bits per heavy atom. The van der Waals surface area contributed by atoms with E-state index in [9.17, 15) is 9.18 Å². The summed E-state index contributed by atoms with van der Waals surface area (Å²) in [4.78, 5) is 11.7. The molecule has 5 heteroatoms. The van der Waals surface area contributed by atoms with E-state index in [4.69, 9.17) is 11.6 Å². The van der Waals surface area contributed by atoms with Crippen LogP contribution in [0.2, 0.25) is 5.02 Å². The summed E-state index contributed by atoms with van der Waals surface area (Å²) in [6.07, 6.45) is 0.991. The third-order valence-corrected chi connectivity index (χ3v) is 3.14. The summed E-state index contributed by atoms with van der Waals surface area (Å²) < 4.78 is 12.9. The van der Waals surface area contributed by atoms with E-state index in [-0.39, 0.29) is 10.9 Å². The molecule has 0 saturated heterocycles. The summed E-state index contributed by atoms with van der Waals surface area (Å²) in [7, 11) is 0. The fraction of sp³-hybridized carbons (Fsp3) is 0.417. The van der Waals surface area contributed by atoms with Gasteiger partial charge in [-0.05, 0) is 30.5 Å². The van der Waals surface area contributed by atoms with E-state index in [1.54, 1.807) is 0 Å². The first-order valence-corrected chi connectivity index (χ1v) is 6.83. The molecular weight excluding hydrogens is 308 g/mol. The molecule has 0 aliphatic carbocycles. The number of hydrogen-bond donors (Lipinski definition) is 1. The smallest absolute Gasteiger partial charge is 0.251 e. The Labute approximate surface area is 114 Å². The summed E-state index contributed by atoms with van der Waals surface area (Å²) in [5.74, 6) is -0.349. The Hall–Kier alpha value is -0.610. The van der Waals surface area contributed by atoms with E-state index < -0.39 is 5.82 Å². The lowest BCUT2D eigenvalue weighted by Gasteiger charge is -2.11. The van der Waals surface area contributed by atoms with Gasteiger partial charge in [0.15, 0.2) is 0 Å². The van der Waals surface area contributed by atoms with Gasteiger partial charge in [-0.2, -0.15) is 0 Å². The topological polar surface area (TPSA) is 29.1 Å². The fourth-order valence-corrected chi connectivity index (χ4v) is 2.26. The standard InChI is InChI=1S/C12H14BrClFNO/c1-8(4-5-13)7-16-12(17)9-2-3-11(15)10(14)6-9/h2-3,6,8H,4-5,7H2,1H3,(H,16,17). The van der Waals surface area contributed by atoms with E-state index in [2.05, 4.69) is 28.2 Å². The van der Waals surface area contributed by atoms with Gasteiger partial charge in [-0.3, -0.25) is 4.79 Å². The van der Waals surface area contributed by atoms with E-state index in [0.717, 1.165) is 11.8 Å². The molecule has 1 aromatic rings. The number of amides is 1. The van der Waals surface area contributed by atoms with Crippen LogP contribution in [0.5, 0.6) is 0 Å². The number of carbonyl (C=O) groups excluding carboxylic acids is 1. The molecule has 94 valence electrons. The Balaban J connectivity index is 2.55. The van der Waals surface area contributed by atoms with Gasteiger partial charge in [-0.15, -0.1) is 0 Å². The number of halogens is 3. The molecular formula is C12H14BrClFNO. The van der Waals surface area contributed by atoms with Crippen molar-refractivity contribution in [2.75, 3.05) is 11.9 Å². The van der Waals surface area contributed by atoms with Crippen molar-refractivity contribution in [1.29, 1.82) is 0 Å². The van der Waals surface area contributed by atoms with Crippen molar-refractivity contribution >= 4 is 33.4 Å². The lowest BCUT2D eigenvalue weighted by molar-refractivity contribution is 0.0948. The van der Waals surface area contributed by atoms with Gasteiger partial charge in [0.1, 0.15) is 5.82 Å². The average molecular weight is 323 g/mol. The number of alkyl halides is 1. The Bertz CT molecular complexity index is 400. The molecule has 0 bridgehead atoms. The highest BCUT2D eigenvalue weighted by Crippen LogP contribution is 2.16. The molecule has 0 aromatic heterocycles. The van der Waals surface area contributed by atoms with Crippen molar-refractivity contribution in [3.05, 3.63) is 34.6 Å². The number of nitrogens with one attached hydrogen (secondary N) is 1. The zero-order chi connectivity index (χ0) is 12.8. The van der Waals surface area contributed by atoms with Gasteiger partial charge in [0.2, 0.25) is 0 Å². The van der Waals surface area contributed by atoms with Gasteiger partial charge < -0.3 is 5.32 Å². The number of rotatable bonds is 5. The predicted molar refractivity (Wildman–Crippen MR) is 71.3 cm³/mol. The van der Waals surface area contributed by atoms with Crippen molar-refractivity contribution in [3.8, 4) is 0 Å². The maximum atomic E-state index is 12.9. The highest BCUT2D eigenvalue weighted by molar-refractivity contribution is 9.09. The molecule has 1 atom stereocenters. The summed E-state index contributed by atoms with van der Waals surface area (Å²) >= 11 is 8.96. The first-order chi connectivity index (χ1) is 8.04. The molecule has 0 saturated carbocycles. The maximum Gasteiger partial charge on any atom is 0.251 e. The fourth-order valence-electron chi connectivity index (χ4n) is 1.29. The lowest BCUT2D eigenvalue weighted by Crippen LogP contribution is -2.28. The second-order valence-corrected chi connectivity index (χ2v) is 5.12. The number of carbonyl (C=O) groups is 1. The van der Waals surface area contributed by atoms with Crippen LogP contribution in [0, 0.1) is 11.7 Å². The third kappa shape index (κ3) is 4.64. The second kappa shape index (κ2) is 6.97. The molecule has 0 aliphatic heterocycles. The van der Waals surface area contributed by atoms with Crippen LogP contribution in [0.1, 0.15) is 23.7 Å². The van der Waals surface area contributed by atoms with Crippen LogP contribution in [0.15, 0.2) is 18.2 Å². The first kappa shape index (κ1) is 14.5. The third-order valence-electron chi connectivity index (χ3n) is 2.39. The van der Waals surface area contributed by atoms with Crippen LogP contribution in [0.25, 0.3) is 0 Å². The van der Waals surface area contributed by atoms with Crippen LogP contribution >= 0.6 is 27.5 Å². The largest absolute Gasteiger partial charge is 0.352 e. The summed E-state index contributed by atoms with van der Waals surface area (Å²) in [5.41, 5.74) is 0.377. The van der Waals surface area contributed by atoms with Crippen molar-refractivity contribution < 1.29 is 9.18 Å². The van der Waals surface area contributed by atoms with Crippen molar-refractivity contribution in [2.45, 2.75) is 13.3 Å². The van der Waals surface area contributed by atoms with Gasteiger partial charge in [0.05, 0.1) is 5.02 Å². The van der Waals surface area contributed by atoms with E-state index in [1.165, 1.54) is 18.2 Å². The highest BCUT2D eigenvalue weighted by Gasteiger charge is 2.09. The van der Waals surface area contributed by atoms with E-state index in [1.807, 2.05) is 0 Å². The molecule has 0 radical (unpaired) electrons. The van der Waals surface area contributed by atoms with Gasteiger partial charge in [-0.1, -0.05) is 34.5 Å². The molecule has 0 spiro atoms. The van der Waals surface area contributed by atoms with Crippen molar-refractivity contribution in [2.24, 2.45) is 5.92 Å². The van der Waals surface area contributed by atoms with Gasteiger partial charge in [-0.25, -0.2) is 4.39 Å². The molecule has 1 rings (SSSR count). The first-order valence-electron chi connectivity index (χ1n) is 5.33. The summed E-state index contributed by atoms with van der Waals surface area (Å²) in [5, 5.41) is 3.66. The van der Waals surface area contributed by atoms with Crippen molar-refractivity contribution in [3.63, 3.8) is 0 Å². The van der Waals surface area contributed by atoms with Crippen LogP contribution in [0.4, 0.5) is 4.39 Å². The molecule has 17 heavy (non-hydrogen) atoms. The summed E-state index contributed by atoms with van der Waals surface area (Å²) in [6, 6.07) is 3.95. The Morgan fingerprint density at radius 1 is 1.59 bits per heavy atom. The lowest BCUT2D eigenvalue weighted by atomic mass is 10.1. The minimum atomic E-state index is -0.518. The SMILES string of the molecule is CC(CCBr)CNC(=O)c1ccc(F)c(Cl)c1. The van der Waals surface area contributed by atoms with E-state index in [0.29, 0.717) is 18.0 Å². The molecule has 1 N–H and O–H groups in total. The molecule has 1 amide bonds. The molecule has 0 heterocycles. The Kier molecular flexibility index (Phi) is 5.92. The van der Waals surface area contributed by atoms with Crippen LogP contribution in [-0.2, 0) is 0 Å². The minimum Gasteiger partial charge on any atom is -0.352 e. The zero-order valence-electron chi connectivity index (χ0n) is 9.47. The Morgan fingerprint density at radius 3 is 2.88 bits per heavy atom. The predicted octanol–water partition coefficient (Wildman–Crippen LogP) is 3.63. The maximum absolute atomic E-state index is 12.9. The average Bonchev–Trinajstić information content (AvgIpc) is 2.30. The zero-order valence-corrected chi connectivity index (χ0v) is 11.8. The van der Waals surface area contributed by atoms with Crippen molar-refractivity contribution in [1.82, 2.24) is 5.32 Å². The number of benzene rings is 1. The monoisotopic (exact) mass is 321 g/mol. The molecule has 1 aromatic carbocycles. The molecule has 0 aliphatic rings. The highest BCUT2D eigenvalue weighted by atomic mass is 79.9. The van der Waals surface area contributed by atoms with Crippen LogP contribution in [0.3, 0.4) is 0 Å². The van der Waals surface area contributed by atoms with Crippen LogP contribution in [-0.4, -0.2) is 17.8 Å². The normalized spacial score (nSPS) is 12.2. The quantitative estimate of drug-likeness (QED) is 0.824. The molecule has 1 unspecified atom stereocenters.